The van der Waals surface area contributed by atoms with E-state index in [1.165, 1.54) is 37.9 Å². The van der Waals surface area contributed by atoms with Gasteiger partial charge in [-0.15, -0.1) is 0 Å². The van der Waals surface area contributed by atoms with Crippen molar-refractivity contribution in [3.05, 3.63) is 60.2 Å². The fourth-order valence-corrected chi connectivity index (χ4v) is 3.66. The van der Waals surface area contributed by atoms with E-state index in [4.69, 9.17) is 0 Å². The van der Waals surface area contributed by atoms with Crippen LogP contribution < -0.4 is 10.9 Å². The van der Waals surface area contributed by atoms with E-state index in [0.717, 1.165) is 12.8 Å². The Morgan fingerprint density at radius 3 is 2.29 bits per heavy atom. The number of amides is 1. The van der Waals surface area contributed by atoms with Gasteiger partial charge in [-0.25, -0.2) is 5.43 Å². The highest BCUT2D eigenvalue weighted by Crippen LogP contribution is 2.36. The summed E-state index contributed by atoms with van der Waals surface area (Å²) >= 11 is 0. The number of hydrazine groups is 1. The molecule has 0 saturated heterocycles. The van der Waals surface area contributed by atoms with Crippen LogP contribution in [0.15, 0.2) is 54.6 Å². The molecule has 0 bridgehead atoms. The van der Waals surface area contributed by atoms with Crippen molar-refractivity contribution in [3.8, 4) is 0 Å². The maximum absolute atomic E-state index is 11.6. The Hall–Kier alpha value is -2.65. The zero-order valence-corrected chi connectivity index (χ0v) is 13.7. The number of carbonyl (C=O) groups is 1. The Morgan fingerprint density at radius 1 is 0.875 bits per heavy atom. The molecule has 0 radical (unpaired) electrons. The van der Waals surface area contributed by atoms with Crippen LogP contribution >= 0.6 is 0 Å². The molecule has 4 rings (SSSR count). The highest BCUT2D eigenvalue weighted by atomic mass is 16.2. The molecule has 4 aromatic rings. The predicted octanol–water partition coefficient (Wildman–Crippen LogP) is 4.16. The van der Waals surface area contributed by atoms with Gasteiger partial charge in [0.05, 0.1) is 0 Å². The summed E-state index contributed by atoms with van der Waals surface area (Å²) in [4.78, 5) is 11.6. The second-order valence-electron chi connectivity index (χ2n) is 6.23. The third-order valence-electron chi connectivity index (χ3n) is 4.73. The van der Waals surface area contributed by atoms with Crippen LogP contribution in [0.3, 0.4) is 0 Å². The fourth-order valence-electron chi connectivity index (χ4n) is 3.66. The number of hydrogen-bond donors (Lipinski definition) is 2. The maximum atomic E-state index is 11.6. The van der Waals surface area contributed by atoms with Crippen LogP contribution in [0, 0.1) is 0 Å². The summed E-state index contributed by atoms with van der Waals surface area (Å²) in [7, 11) is 1.71. The third kappa shape index (κ3) is 2.47. The number of hydrogen-bond acceptors (Lipinski definition) is 2. The number of nitrogens with one attached hydrogen (secondary N) is 2. The summed E-state index contributed by atoms with van der Waals surface area (Å²) in [5.41, 5.74) is 6.62. The van der Waals surface area contributed by atoms with E-state index in [9.17, 15) is 4.79 Å². The van der Waals surface area contributed by atoms with E-state index in [1.807, 2.05) is 0 Å². The van der Waals surface area contributed by atoms with Gasteiger partial charge < -0.3 is 0 Å². The van der Waals surface area contributed by atoms with E-state index in [2.05, 4.69) is 65.4 Å². The Balaban J connectivity index is 1.75. The molecule has 0 spiro atoms. The Bertz CT molecular complexity index is 1010. The van der Waals surface area contributed by atoms with Crippen LogP contribution in [-0.4, -0.2) is 13.0 Å². The molecule has 3 nitrogen and oxygen atoms in total. The molecule has 1 amide bonds. The highest BCUT2D eigenvalue weighted by molar-refractivity contribution is 6.23. The summed E-state index contributed by atoms with van der Waals surface area (Å²) in [5.74, 6) is 0.0372. The molecule has 4 aromatic carbocycles. The Labute approximate surface area is 141 Å². The van der Waals surface area contributed by atoms with E-state index < -0.39 is 0 Å². The first-order valence-corrected chi connectivity index (χ1v) is 8.39. The standard InChI is InChI=1S/C21H20N2O/c1-22-23-19(24)7-3-4-14-8-9-17-11-10-15-5-2-6-16-12-13-18(14)21(17)20(15)16/h2,5-6,8-13,22H,3-4,7H2,1H3,(H,23,24). The molecule has 0 aliphatic rings. The monoisotopic (exact) mass is 316 g/mol. The zero-order chi connectivity index (χ0) is 16.5. The van der Waals surface area contributed by atoms with Gasteiger partial charge in [-0.2, -0.15) is 0 Å². The minimum Gasteiger partial charge on any atom is -0.292 e. The normalized spacial score (nSPS) is 11.5. The molecule has 0 aromatic heterocycles. The van der Waals surface area contributed by atoms with Gasteiger partial charge in [0.25, 0.3) is 0 Å². The van der Waals surface area contributed by atoms with Crippen molar-refractivity contribution < 1.29 is 4.79 Å². The molecule has 120 valence electrons. The molecular formula is C21H20N2O. The predicted molar refractivity (Wildman–Crippen MR) is 100 cm³/mol. The Kier molecular flexibility index (Phi) is 3.79. The molecule has 2 N–H and O–H groups in total. The molecule has 0 heterocycles. The molecule has 3 heteroatoms. The van der Waals surface area contributed by atoms with E-state index >= 15 is 0 Å². The first kappa shape index (κ1) is 14.9. The highest BCUT2D eigenvalue weighted by Gasteiger charge is 2.10. The molecule has 24 heavy (non-hydrogen) atoms. The average Bonchev–Trinajstić information content (AvgIpc) is 2.61. The molecule has 0 atom stereocenters. The van der Waals surface area contributed by atoms with Gasteiger partial charge in [-0.05, 0) is 50.7 Å². The first-order valence-electron chi connectivity index (χ1n) is 8.39. The summed E-state index contributed by atoms with van der Waals surface area (Å²) in [5, 5.41) is 7.87. The van der Waals surface area contributed by atoms with Crippen molar-refractivity contribution in [3.63, 3.8) is 0 Å². The van der Waals surface area contributed by atoms with Gasteiger partial charge in [-0.1, -0.05) is 54.6 Å². The van der Waals surface area contributed by atoms with Crippen LogP contribution in [-0.2, 0) is 11.2 Å². The quantitative estimate of drug-likeness (QED) is 0.429. The van der Waals surface area contributed by atoms with Crippen LogP contribution in [0.5, 0.6) is 0 Å². The average molecular weight is 316 g/mol. The van der Waals surface area contributed by atoms with E-state index in [0.29, 0.717) is 6.42 Å². The summed E-state index contributed by atoms with van der Waals surface area (Å²) < 4.78 is 0. The van der Waals surface area contributed by atoms with Crippen LogP contribution in [0.25, 0.3) is 32.3 Å². The van der Waals surface area contributed by atoms with Gasteiger partial charge in [-0.3, -0.25) is 10.2 Å². The second kappa shape index (κ2) is 6.10. The van der Waals surface area contributed by atoms with E-state index in [-0.39, 0.29) is 5.91 Å². The van der Waals surface area contributed by atoms with Crippen molar-refractivity contribution in [2.45, 2.75) is 19.3 Å². The lowest BCUT2D eigenvalue weighted by Gasteiger charge is -2.13. The largest absolute Gasteiger partial charge is 0.292 e. The van der Waals surface area contributed by atoms with Crippen molar-refractivity contribution in [2.24, 2.45) is 0 Å². The van der Waals surface area contributed by atoms with Gasteiger partial charge in [0.1, 0.15) is 0 Å². The third-order valence-corrected chi connectivity index (χ3v) is 4.73. The van der Waals surface area contributed by atoms with Crippen molar-refractivity contribution >= 4 is 38.2 Å². The van der Waals surface area contributed by atoms with Gasteiger partial charge in [0.2, 0.25) is 5.91 Å². The lowest BCUT2D eigenvalue weighted by molar-refractivity contribution is -0.122. The Morgan fingerprint density at radius 2 is 1.54 bits per heavy atom. The lowest BCUT2D eigenvalue weighted by Crippen LogP contribution is -2.33. The van der Waals surface area contributed by atoms with Gasteiger partial charge in [0, 0.05) is 13.5 Å². The van der Waals surface area contributed by atoms with Gasteiger partial charge >= 0.3 is 0 Å². The summed E-state index contributed by atoms with van der Waals surface area (Å²) in [6, 6.07) is 19.7. The maximum Gasteiger partial charge on any atom is 0.234 e. The molecule has 0 aliphatic heterocycles. The van der Waals surface area contributed by atoms with Gasteiger partial charge in [0.15, 0.2) is 0 Å². The van der Waals surface area contributed by atoms with Crippen molar-refractivity contribution in [1.82, 2.24) is 10.9 Å². The molecule has 0 fully saturated rings. The molecular weight excluding hydrogens is 296 g/mol. The number of benzene rings is 4. The van der Waals surface area contributed by atoms with Crippen molar-refractivity contribution in [1.29, 1.82) is 0 Å². The number of rotatable bonds is 5. The van der Waals surface area contributed by atoms with E-state index in [1.54, 1.807) is 7.05 Å². The SMILES string of the molecule is CNNC(=O)CCCc1ccc2ccc3cccc4ccc1c2c34. The number of aryl methyl sites for hydroxylation is 1. The fraction of sp³-hybridized carbons (Fsp3) is 0.190. The van der Waals surface area contributed by atoms with Crippen LogP contribution in [0.2, 0.25) is 0 Å². The van der Waals surface area contributed by atoms with Crippen LogP contribution in [0.4, 0.5) is 0 Å². The first-order chi connectivity index (χ1) is 11.8. The lowest BCUT2D eigenvalue weighted by atomic mass is 9.90. The summed E-state index contributed by atoms with van der Waals surface area (Å²) in [6.45, 7) is 0. The minimum atomic E-state index is 0.0372. The van der Waals surface area contributed by atoms with Crippen molar-refractivity contribution in [2.75, 3.05) is 7.05 Å². The second-order valence-corrected chi connectivity index (χ2v) is 6.23. The smallest absolute Gasteiger partial charge is 0.234 e. The molecule has 0 saturated carbocycles. The zero-order valence-electron chi connectivity index (χ0n) is 13.7. The topological polar surface area (TPSA) is 41.1 Å². The molecule has 0 aliphatic carbocycles. The molecule has 0 unspecified atom stereocenters. The van der Waals surface area contributed by atoms with Crippen LogP contribution in [0.1, 0.15) is 18.4 Å². The summed E-state index contributed by atoms with van der Waals surface area (Å²) in [6.07, 6.45) is 2.28. The minimum absolute atomic E-state index is 0.0372. The number of carbonyl (C=O) groups excluding carboxylic acids is 1.